The average molecular weight is 430 g/mol. The van der Waals surface area contributed by atoms with Gasteiger partial charge in [-0.1, -0.05) is 72.3 Å². The van der Waals surface area contributed by atoms with Gasteiger partial charge in [-0.05, 0) is 41.5 Å². The van der Waals surface area contributed by atoms with Crippen LogP contribution in [-0.4, -0.2) is 10.9 Å². The van der Waals surface area contributed by atoms with Crippen molar-refractivity contribution in [3.05, 3.63) is 117 Å². The van der Waals surface area contributed by atoms with Crippen LogP contribution >= 0.6 is 11.6 Å². The normalized spacial score (nSPS) is 10.5. The van der Waals surface area contributed by atoms with Gasteiger partial charge >= 0.3 is 0 Å². The zero-order chi connectivity index (χ0) is 21.6. The molecule has 3 aromatic carbocycles. The second-order valence-electron chi connectivity index (χ2n) is 6.97. The predicted molar refractivity (Wildman–Crippen MR) is 126 cm³/mol. The zero-order valence-electron chi connectivity index (χ0n) is 16.6. The lowest BCUT2D eigenvalue weighted by Gasteiger charge is -2.11. The summed E-state index contributed by atoms with van der Waals surface area (Å²) < 4.78 is 0. The summed E-state index contributed by atoms with van der Waals surface area (Å²) in [5.74, 6) is -0.498. The van der Waals surface area contributed by atoms with E-state index < -0.39 is 11.5 Å². The first kappa shape index (κ1) is 20.4. The molecular formula is C25H20ClN3O2. The first-order valence-corrected chi connectivity index (χ1v) is 10.2. The predicted octanol–water partition coefficient (Wildman–Crippen LogP) is 5.56. The topological polar surface area (TPSA) is 74.0 Å². The average Bonchev–Trinajstić information content (AvgIpc) is 2.79. The van der Waals surface area contributed by atoms with Crippen molar-refractivity contribution in [2.24, 2.45) is 0 Å². The van der Waals surface area contributed by atoms with Crippen molar-refractivity contribution in [3.63, 3.8) is 0 Å². The Morgan fingerprint density at radius 1 is 0.871 bits per heavy atom. The Morgan fingerprint density at radius 3 is 2.26 bits per heavy atom. The fourth-order valence-corrected chi connectivity index (χ4v) is 3.41. The minimum atomic E-state index is -0.498. The molecule has 1 heterocycles. The number of anilines is 2. The molecule has 0 aliphatic carbocycles. The number of nitrogens with one attached hydrogen (secondary N) is 3. The highest BCUT2D eigenvalue weighted by molar-refractivity contribution is 6.33. The number of rotatable bonds is 6. The second-order valence-corrected chi connectivity index (χ2v) is 7.38. The van der Waals surface area contributed by atoms with Gasteiger partial charge in [-0.15, -0.1) is 0 Å². The maximum absolute atomic E-state index is 12.6. The van der Waals surface area contributed by atoms with Crippen LogP contribution in [0.15, 0.2) is 95.8 Å². The summed E-state index contributed by atoms with van der Waals surface area (Å²) in [5.41, 5.74) is 3.50. The van der Waals surface area contributed by atoms with Crippen molar-refractivity contribution >= 4 is 28.9 Å². The van der Waals surface area contributed by atoms with Crippen LogP contribution in [0.4, 0.5) is 11.4 Å². The molecular weight excluding hydrogens is 410 g/mol. The van der Waals surface area contributed by atoms with E-state index >= 15 is 0 Å². The molecule has 0 spiro atoms. The van der Waals surface area contributed by atoms with Crippen LogP contribution in [0.1, 0.15) is 15.9 Å². The van der Waals surface area contributed by atoms with Crippen LogP contribution in [0.25, 0.3) is 11.3 Å². The van der Waals surface area contributed by atoms with Gasteiger partial charge in [-0.25, -0.2) is 0 Å². The SMILES string of the molecule is O=C(Nc1ccc(NCc2ccccc2)c(Cl)c1)c1ccc(-c2ccccc2)[nH]c1=O. The summed E-state index contributed by atoms with van der Waals surface area (Å²) in [4.78, 5) is 27.8. The number of benzene rings is 3. The number of aromatic nitrogens is 1. The third-order valence-electron chi connectivity index (χ3n) is 4.79. The molecule has 4 rings (SSSR count). The van der Waals surface area contributed by atoms with Gasteiger partial charge in [0.1, 0.15) is 5.56 Å². The molecule has 0 atom stereocenters. The molecule has 154 valence electrons. The van der Waals surface area contributed by atoms with Gasteiger partial charge in [-0.2, -0.15) is 0 Å². The van der Waals surface area contributed by atoms with E-state index in [1.165, 1.54) is 6.07 Å². The largest absolute Gasteiger partial charge is 0.380 e. The maximum atomic E-state index is 12.6. The Hall–Kier alpha value is -3.83. The van der Waals surface area contributed by atoms with Crippen LogP contribution in [0, 0.1) is 0 Å². The minimum absolute atomic E-state index is 0.0297. The van der Waals surface area contributed by atoms with E-state index in [9.17, 15) is 9.59 Å². The number of amides is 1. The van der Waals surface area contributed by atoms with Gasteiger partial charge in [0.15, 0.2) is 0 Å². The first-order chi connectivity index (χ1) is 15.1. The standard InChI is InChI=1S/C25H20ClN3O2/c26-21-15-19(11-13-23(21)27-16-17-7-3-1-4-8-17)28-24(30)20-12-14-22(29-25(20)31)18-9-5-2-6-10-18/h1-15,27H,16H2,(H,28,30)(H,29,31). The molecule has 0 saturated carbocycles. The quantitative estimate of drug-likeness (QED) is 0.375. The van der Waals surface area contributed by atoms with Gasteiger partial charge in [-0.3, -0.25) is 9.59 Å². The summed E-state index contributed by atoms with van der Waals surface area (Å²) in [5, 5.41) is 6.48. The molecule has 0 aliphatic rings. The van der Waals surface area contributed by atoms with Crippen molar-refractivity contribution in [2.75, 3.05) is 10.6 Å². The van der Waals surface area contributed by atoms with Crippen molar-refractivity contribution in [2.45, 2.75) is 6.54 Å². The molecule has 6 heteroatoms. The fraction of sp³-hybridized carbons (Fsp3) is 0.0400. The molecule has 0 bridgehead atoms. The van der Waals surface area contributed by atoms with E-state index in [2.05, 4.69) is 15.6 Å². The number of halogens is 1. The molecule has 1 amide bonds. The van der Waals surface area contributed by atoms with Crippen molar-refractivity contribution in [1.82, 2.24) is 4.98 Å². The van der Waals surface area contributed by atoms with Crippen LogP contribution in [0.5, 0.6) is 0 Å². The van der Waals surface area contributed by atoms with Crippen molar-refractivity contribution < 1.29 is 4.79 Å². The number of hydrogen-bond acceptors (Lipinski definition) is 3. The Kier molecular flexibility index (Phi) is 6.15. The molecule has 31 heavy (non-hydrogen) atoms. The molecule has 0 saturated heterocycles. The Morgan fingerprint density at radius 2 is 1.58 bits per heavy atom. The van der Waals surface area contributed by atoms with E-state index in [1.54, 1.807) is 24.3 Å². The monoisotopic (exact) mass is 429 g/mol. The molecule has 1 aromatic heterocycles. The molecule has 5 nitrogen and oxygen atoms in total. The summed E-state index contributed by atoms with van der Waals surface area (Å²) in [6.07, 6.45) is 0. The first-order valence-electron chi connectivity index (χ1n) is 9.77. The van der Waals surface area contributed by atoms with Gasteiger partial charge in [0.25, 0.3) is 11.5 Å². The summed E-state index contributed by atoms with van der Waals surface area (Å²) in [6.45, 7) is 0.634. The van der Waals surface area contributed by atoms with E-state index in [0.717, 1.165) is 16.8 Å². The Labute approximate surface area is 184 Å². The molecule has 0 aliphatic heterocycles. The molecule has 3 N–H and O–H groups in total. The van der Waals surface area contributed by atoms with Crippen LogP contribution in [0.2, 0.25) is 5.02 Å². The number of carbonyl (C=O) groups is 1. The molecule has 4 aromatic rings. The smallest absolute Gasteiger partial charge is 0.261 e. The van der Waals surface area contributed by atoms with E-state index in [0.29, 0.717) is 22.9 Å². The van der Waals surface area contributed by atoms with Gasteiger partial charge in [0.05, 0.1) is 10.7 Å². The lowest BCUT2D eigenvalue weighted by molar-refractivity contribution is 0.102. The number of pyridine rings is 1. The lowest BCUT2D eigenvalue weighted by atomic mass is 10.1. The second kappa shape index (κ2) is 9.32. The van der Waals surface area contributed by atoms with E-state index in [1.807, 2.05) is 60.7 Å². The maximum Gasteiger partial charge on any atom is 0.261 e. The summed E-state index contributed by atoms with van der Waals surface area (Å²) in [6, 6.07) is 27.8. The lowest BCUT2D eigenvalue weighted by Crippen LogP contribution is -2.23. The van der Waals surface area contributed by atoms with Crippen LogP contribution < -0.4 is 16.2 Å². The Bertz CT molecular complexity index is 1250. The van der Waals surface area contributed by atoms with Gasteiger partial charge in [0.2, 0.25) is 0 Å². The third kappa shape index (κ3) is 5.02. The van der Waals surface area contributed by atoms with Crippen LogP contribution in [-0.2, 0) is 6.54 Å². The van der Waals surface area contributed by atoms with Crippen molar-refractivity contribution in [1.29, 1.82) is 0 Å². The highest BCUT2D eigenvalue weighted by Crippen LogP contribution is 2.26. The Balaban J connectivity index is 1.45. The zero-order valence-corrected chi connectivity index (χ0v) is 17.3. The molecule has 0 fully saturated rings. The van der Waals surface area contributed by atoms with Gasteiger partial charge < -0.3 is 15.6 Å². The van der Waals surface area contributed by atoms with Crippen molar-refractivity contribution in [3.8, 4) is 11.3 Å². The van der Waals surface area contributed by atoms with Crippen LogP contribution in [0.3, 0.4) is 0 Å². The number of hydrogen-bond donors (Lipinski definition) is 3. The number of carbonyl (C=O) groups excluding carboxylic acids is 1. The molecule has 0 radical (unpaired) electrons. The van der Waals surface area contributed by atoms with E-state index in [4.69, 9.17) is 11.6 Å². The number of aromatic amines is 1. The highest BCUT2D eigenvalue weighted by Gasteiger charge is 2.13. The van der Waals surface area contributed by atoms with Gasteiger partial charge in [0, 0.05) is 17.9 Å². The van der Waals surface area contributed by atoms with E-state index in [-0.39, 0.29) is 5.56 Å². The highest BCUT2D eigenvalue weighted by atomic mass is 35.5. The molecule has 0 unspecified atom stereocenters. The summed E-state index contributed by atoms with van der Waals surface area (Å²) >= 11 is 6.36. The fourth-order valence-electron chi connectivity index (χ4n) is 3.17. The number of H-pyrrole nitrogens is 1. The summed E-state index contributed by atoms with van der Waals surface area (Å²) in [7, 11) is 0. The minimum Gasteiger partial charge on any atom is -0.380 e. The third-order valence-corrected chi connectivity index (χ3v) is 5.10.